The number of hydrogen-bond acceptors (Lipinski definition) is 7. The van der Waals surface area contributed by atoms with Crippen LogP contribution in [0.25, 0.3) is 10.2 Å². The van der Waals surface area contributed by atoms with E-state index in [4.69, 9.17) is 19.4 Å². The molecular formula is C20H31N4O2S2+. The van der Waals surface area contributed by atoms with Gasteiger partial charge in [0.25, 0.3) is 0 Å². The van der Waals surface area contributed by atoms with Gasteiger partial charge in [0.2, 0.25) is 0 Å². The summed E-state index contributed by atoms with van der Waals surface area (Å²) in [6, 6.07) is 0. The van der Waals surface area contributed by atoms with Crippen molar-refractivity contribution >= 4 is 39.1 Å². The molecule has 0 atom stereocenters. The maximum Gasteiger partial charge on any atom is 0.190 e. The molecule has 2 N–H and O–H groups in total. The van der Waals surface area contributed by atoms with E-state index in [1.165, 1.54) is 15.8 Å². The van der Waals surface area contributed by atoms with Gasteiger partial charge >= 0.3 is 0 Å². The van der Waals surface area contributed by atoms with Gasteiger partial charge in [0.05, 0.1) is 43.9 Å². The lowest BCUT2D eigenvalue weighted by atomic mass is 9.94. The van der Waals surface area contributed by atoms with Crippen molar-refractivity contribution in [1.82, 2.24) is 9.97 Å². The fraction of sp³-hybridized carbons (Fsp3) is 0.700. The summed E-state index contributed by atoms with van der Waals surface area (Å²) in [5.41, 5.74) is 1.25. The first-order chi connectivity index (χ1) is 13.6. The van der Waals surface area contributed by atoms with Crippen LogP contribution in [0.5, 0.6) is 0 Å². The molecule has 0 saturated carbocycles. The van der Waals surface area contributed by atoms with E-state index < -0.39 is 0 Å². The van der Waals surface area contributed by atoms with E-state index in [0.29, 0.717) is 6.61 Å². The van der Waals surface area contributed by atoms with Crippen molar-refractivity contribution in [1.29, 1.82) is 0 Å². The molecule has 1 saturated heterocycles. The van der Waals surface area contributed by atoms with Crippen LogP contribution in [-0.4, -0.2) is 60.7 Å². The van der Waals surface area contributed by atoms with E-state index >= 15 is 0 Å². The highest BCUT2D eigenvalue weighted by molar-refractivity contribution is 7.99. The summed E-state index contributed by atoms with van der Waals surface area (Å²) >= 11 is 3.52. The number of thioether (sulfide) groups is 1. The summed E-state index contributed by atoms with van der Waals surface area (Å²) in [4.78, 5) is 13.8. The van der Waals surface area contributed by atoms with E-state index in [0.717, 1.165) is 73.8 Å². The molecule has 0 aromatic carbocycles. The van der Waals surface area contributed by atoms with Crippen LogP contribution < -0.4 is 10.2 Å². The number of quaternary nitrogens is 1. The van der Waals surface area contributed by atoms with Gasteiger partial charge < -0.3 is 19.7 Å². The van der Waals surface area contributed by atoms with Gasteiger partial charge in [-0.05, 0) is 25.8 Å². The molecule has 0 aliphatic carbocycles. The van der Waals surface area contributed by atoms with Crippen LogP contribution in [0.15, 0.2) is 5.16 Å². The van der Waals surface area contributed by atoms with Crippen molar-refractivity contribution in [2.45, 2.75) is 51.0 Å². The number of aromatic nitrogens is 2. The second kappa shape index (κ2) is 8.83. The lowest BCUT2D eigenvalue weighted by Gasteiger charge is -2.30. The van der Waals surface area contributed by atoms with Crippen LogP contribution in [0.2, 0.25) is 0 Å². The minimum absolute atomic E-state index is 0.133. The number of thiophene rings is 1. The van der Waals surface area contributed by atoms with Gasteiger partial charge in [-0.25, -0.2) is 9.97 Å². The lowest BCUT2D eigenvalue weighted by Crippen LogP contribution is -3.14. The Kier molecular flexibility index (Phi) is 6.42. The number of rotatable bonds is 7. The molecule has 0 bridgehead atoms. The molecule has 0 spiro atoms. The molecule has 1 fully saturated rings. The van der Waals surface area contributed by atoms with Gasteiger partial charge in [0.1, 0.15) is 23.7 Å². The standard InChI is InChI=1S/C20H30N4O2S2/c1-4-11-27-19-22-17(21-5-6-24-7-9-25-10-8-24)16-14-12-20(2,3)26-13-15(14)28-18(16)23-19/h4-13H2,1-3H3,(H,21,22,23)/p+1. The van der Waals surface area contributed by atoms with Gasteiger partial charge in [-0.15, -0.1) is 11.3 Å². The minimum atomic E-state index is -0.133. The van der Waals surface area contributed by atoms with Crippen molar-refractivity contribution in [3.8, 4) is 0 Å². The Hall–Kier alpha value is -0.930. The number of ether oxygens (including phenoxy) is 2. The average molecular weight is 424 g/mol. The number of morpholine rings is 1. The predicted molar refractivity (Wildman–Crippen MR) is 116 cm³/mol. The van der Waals surface area contributed by atoms with Gasteiger partial charge in [0, 0.05) is 17.1 Å². The quantitative estimate of drug-likeness (QED) is 0.527. The van der Waals surface area contributed by atoms with E-state index in [9.17, 15) is 0 Å². The number of nitrogens with one attached hydrogen (secondary N) is 2. The molecule has 2 aromatic rings. The Morgan fingerprint density at radius 3 is 2.86 bits per heavy atom. The number of anilines is 1. The third kappa shape index (κ3) is 4.62. The van der Waals surface area contributed by atoms with E-state index in [2.05, 4.69) is 26.1 Å². The highest BCUT2D eigenvalue weighted by atomic mass is 32.2. The molecule has 2 aliphatic heterocycles. The second-order valence-electron chi connectivity index (χ2n) is 8.15. The molecular weight excluding hydrogens is 392 g/mol. The third-order valence-corrected chi connectivity index (χ3v) is 7.47. The molecule has 0 unspecified atom stereocenters. The Bertz CT molecular complexity index is 818. The van der Waals surface area contributed by atoms with Crippen molar-refractivity contribution in [2.24, 2.45) is 0 Å². The summed E-state index contributed by atoms with van der Waals surface area (Å²) in [5, 5.41) is 5.76. The summed E-state index contributed by atoms with van der Waals surface area (Å²) in [7, 11) is 0. The average Bonchev–Trinajstić information content (AvgIpc) is 3.04. The zero-order valence-corrected chi connectivity index (χ0v) is 18.7. The van der Waals surface area contributed by atoms with E-state index in [1.54, 1.807) is 28.0 Å². The molecule has 0 radical (unpaired) electrons. The van der Waals surface area contributed by atoms with Crippen LogP contribution in [0, 0.1) is 0 Å². The lowest BCUT2D eigenvalue weighted by molar-refractivity contribution is -0.906. The Morgan fingerprint density at radius 1 is 1.25 bits per heavy atom. The summed E-state index contributed by atoms with van der Waals surface area (Å²) < 4.78 is 11.5. The molecule has 6 nitrogen and oxygen atoms in total. The molecule has 154 valence electrons. The fourth-order valence-corrected chi connectivity index (χ4v) is 5.64. The Labute approximate surface area is 175 Å². The summed E-state index contributed by atoms with van der Waals surface area (Å²) in [6.07, 6.45) is 2.04. The molecule has 4 rings (SSSR count). The number of hydrogen-bond donors (Lipinski definition) is 2. The predicted octanol–water partition coefficient (Wildman–Crippen LogP) is 2.37. The summed E-state index contributed by atoms with van der Waals surface area (Å²) in [5.74, 6) is 2.05. The van der Waals surface area contributed by atoms with Gasteiger partial charge in [-0.2, -0.15) is 0 Å². The molecule has 0 amide bonds. The molecule has 2 aromatic heterocycles. The van der Waals surface area contributed by atoms with Crippen molar-refractivity contribution < 1.29 is 14.4 Å². The Balaban J connectivity index is 1.60. The normalized spacial score (nSPS) is 19.7. The molecule has 2 aliphatic rings. The van der Waals surface area contributed by atoms with Crippen molar-refractivity contribution in [2.75, 3.05) is 50.5 Å². The monoisotopic (exact) mass is 423 g/mol. The van der Waals surface area contributed by atoms with Gasteiger partial charge in [-0.1, -0.05) is 18.7 Å². The SMILES string of the molecule is CCCSc1nc(NCC[NH+]2CCOCC2)c2c3c(sc2n1)COC(C)(C)C3. The third-order valence-electron chi connectivity index (χ3n) is 5.32. The van der Waals surface area contributed by atoms with Crippen molar-refractivity contribution in [3.63, 3.8) is 0 Å². The van der Waals surface area contributed by atoms with Crippen LogP contribution >= 0.6 is 23.1 Å². The van der Waals surface area contributed by atoms with Crippen LogP contribution in [0.4, 0.5) is 5.82 Å². The first-order valence-corrected chi connectivity index (χ1v) is 12.1. The smallest absolute Gasteiger partial charge is 0.190 e. The first kappa shape index (κ1) is 20.3. The van der Waals surface area contributed by atoms with Gasteiger partial charge in [-0.3, -0.25) is 0 Å². The van der Waals surface area contributed by atoms with Crippen LogP contribution in [0.1, 0.15) is 37.6 Å². The second-order valence-corrected chi connectivity index (χ2v) is 10.3. The van der Waals surface area contributed by atoms with Crippen LogP contribution in [-0.2, 0) is 22.5 Å². The highest BCUT2D eigenvalue weighted by Gasteiger charge is 2.31. The molecule has 4 heterocycles. The summed E-state index contributed by atoms with van der Waals surface area (Å²) in [6.45, 7) is 13.2. The fourth-order valence-electron chi connectivity index (χ4n) is 3.78. The van der Waals surface area contributed by atoms with Gasteiger partial charge in [0.15, 0.2) is 5.16 Å². The number of nitrogens with zero attached hydrogens (tertiary/aromatic N) is 2. The van der Waals surface area contributed by atoms with Crippen molar-refractivity contribution in [3.05, 3.63) is 10.4 Å². The zero-order chi connectivity index (χ0) is 19.6. The minimum Gasteiger partial charge on any atom is -0.370 e. The topological polar surface area (TPSA) is 60.7 Å². The highest BCUT2D eigenvalue weighted by Crippen LogP contribution is 2.41. The van der Waals surface area contributed by atoms with E-state index in [1.807, 2.05) is 0 Å². The Morgan fingerprint density at radius 2 is 2.07 bits per heavy atom. The van der Waals surface area contributed by atoms with E-state index in [-0.39, 0.29) is 5.60 Å². The zero-order valence-electron chi connectivity index (χ0n) is 17.1. The first-order valence-electron chi connectivity index (χ1n) is 10.3. The molecule has 28 heavy (non-hydrogen) atoms. The number of fused-ring (bicyclic) bond motifs is 3. The van der Waals surface area contributed by atoms with Crippen LogP contribution in [0.3, 0.4) is 0 Å². The molecule has 8 heteroatoms. The maximum absolute atomic E-state index is 6.04. The largest absolute Gasteiger partial charge is 0.370 e. The maximum atomic E-state index is 6.04.